The molecule has 3 heterocycles. The van der Waals surface area contributed by atoms with Gasteiger partial charge >= 0.3 is 0 Å². The van der Waals surface area contributed by atoms with Gasteiger partial charge in [0.15, 0.2) is 5.65 Å². The molecule has 1 aliphatic rings. The number of aromatic nitrogens is 3. The first-order valence-electron chi connectivity index (χ1n) is 9.90. The zero-order chi connectivity index (χ0) is 19.5. The van der Waals surface area contributed by atoms with E-state index in [0.717, 1.165) is 48.7 Å². The molecule has 0 bridgehead atoms. The summed E-state index contributed by atoms with van der Waals surface area (Å²) in [5.41, 5.74) is 3.21. The van der Waals surface area contributed by atoms with Crippen molar-refractivity contribution >= 4 is 11.6 Å². The first-order valence-corrected chi connectivity index (χ1v) is 9.90. The van der Waals surface area contributed by atoms with Crippen molar-refractivity contribution in [2.45, 2.75) is 39.0 Å². The highest BCUT2D eigenvalue weighted by atomic mass is 16.5. The van der Waals surface area contributed by atoms with Crippen molar-refractivity contribution in [2.24, 2.45) is 0 Å². The summed E-state index contributed by atoms with van der Waals surface area (Å²) in [6.45, 7) is 6.04. The molecule has 0 aliphatic carbocycles. The van der Waals surface area contributed by atoms with E-state index in [4.69, 9.17) is 4.74 Å². The summed E-state index contributed by atoms with van der Waals surface area (Å²) in [7, 11) is 0. The first-order chi connectivity index (χ1) is 13.6. The lowest BCUT2D eigenvalue weighted by atomic mass is 9.96. The number of amides is 1. The van der Waals surface area contributed by atoms with Crippen LogP contribution in [-0.2, 0) is 4.79 Å². The van der Waals surface area contributed by atoms with Crippen molar-refractivity contribution < 1.29 is 9.53 Å². The summed E-state index contributed by atoms with van der Waals surface area (Å²) in [5, 5.41) is 8.62. The van der Waals surface area contributed by atoms with Crippen LogP contribution in [0.15, 0.2) is 42.6 Å². The number of rotatable bonds is 5. The number of carbonyl (C=O) groups is 1. The molecule has 4 rings (SSSR count). The average Bonchev–Trinajstić information content (AvgIpc) is 3.15. The maximum atomic E-state index is 12.6. The number of aryl methyl sites for hydroxylation is 1. The predicted octanol–water partition coefficient (Wildman–Crippen LogP) is 3.52. The lowest BCUT2D eigenvalue weighted by Gasteiger charge is -2.31. The van der Waals surface area contributed by atoms with E-state index in [1.807, 2.05) is 48.4 Å². The van der Waals surface area contributed by atoms with Crippen LogP contribution in [0, 0.1) is 13.8 Å². The van der Waals surface area contributed by atoms with E-state index in [1.165, 1.54) is 5.56 Å². The third-order valence-electron chi connectivity index (χ3n) is 5.68. The van der Waals surface area contributed by atoms with Gasteiger partial charge in [-0.15, -0.1) is 10.2 Å². The molecule has 1 aliphatic heterocycles. The van der Waals surface area contributed by atoms with Gasteiger partial charge < -0.3 is 9.64 Å². The standard InChI is InChI=1S/C22H26N4O2/c1-16-6-5-7-19(17(16)2)28-15-11-21(27)25-13-9-18(10-14-25)22-24-23-20-8-3-4-12-26(20)22/h3-8,12,18H,9-11,13-15H2,1-2H3. The molecule has 6 heteroatoms. The summed E-state index contributed by atoms with van der Waals surface area (Å²) in [6.07, 6.45) is 4.25. The van der Waals surface area contributed by atoms with Crippen LogP contribution in [0.2, 0.25) is 0 Å². The van der Waals surface area contributed by atoms with Gasteiger partial charge in [-0.05, 0) is 56.0 Å². The number of fused-ring (bicyclic) bond motifs is 1. The van der Waals surface area contributed by atoms with E-state index < -0.39 is 0 Å². The van der Waals surface area contributed by atoms with Crippen LogP contribution >= 0.6 is 0 Å². The largest absolute Gasteiger partial charge is 0.493 e. The topological polar surface area (TPSA) is 59.7 Å². The molecular formula is C22H26N4O2. The highest BCUT2D eigenvalue weighted by Crippen LogP contribution is 2.27. The zero-order valence-electron chi connectivity index (χ0n) is 16.5. The second-order valence-corrected chi connectivity index (χ2v) is 7.44. The molecule has 146 valence electrons. The molecule has 0 atom stereocenters. The van der Waals surface area contributed by atoms with E-state index >= 15 is 0 Å². The van der Waals surface area contributed by atoms with Crippen molar-refractivity contribution in [1.82, 2.24) is 19.5 Å². The van der Waals surface area contributed by atoms with Gasteiger partial charge in [0.1, 0.15) is 11.6 Å². The minimum atomic E-state index is 0.162. The number of hydrogen-bond acceptors (Lipinski definition) is 4. The van der Waals surface area contributed by atoms with Crippen molar-refractivity contribution in [2.75, 3.05) is 19.7 Å². The van der Waals surface area contributed by atoms with Gasteiger partial charge in [-0.1, -0.05) is 18.2 Å². The van der Waals surface area contributed by atoms with E-state index in [1.54, 1.807) is 0 Å². The van der Waals surface area contributed by atoms with Gasteiger partial charge in [-0.25, -0.2) is 0 Å². The number of pyridine rings is 1. The van der Waals surface area contributed by atoms with Crippen molar-refractivity contribution in [3.8, 4) is 5.75 Å². The van der Waals surface area contributed by atoms with Crippen LogP contribution in [0.5, 0.6) is 5.75 Å². The van der Waals surface area contributed by atoms with E-state index in [0.29, 0.717) is 18.9 Å². The Kier molecular flexibility index (Phi) is 5.28. The molecule has 2 aromatic heterocycles. The second-order valence-electron chi connectivity index (χ2n) is 7.44. The number of benzene rings is 1. The van der Waals surface area contributed by atoms with Gasteiger partial charge in [0, 0.05) is 25.2 Å². The minimum Gasteiger partial charge on any atom is -0.493 e. The maximum absolute atomic E-state index is 12.6. The number of ether oxygens (including phenoxy) is 1. The summed E-state index contributed by atoms with van der Waals surface area (Å²) in [6, 6.07) is 11.9. The van der Waals surface area contributed by atoms with Crippen LogP contribution in [-0.4, -0.2) is 45.1 Å². The molecule has 0 radical (unpaired) electrons. The van der Waals surface area contributed by atoms with Gasteiger partial charge in [0.05, 0.1) is 13.0 Å². The number of hydrogen-bond donors (Lipinski definition) is 0. The monoisotopic (exact) mass is 378 g/mol. The lowest BCUT2D eigenvalue weighted by molar-refractivity contribution is -0.132. The molecule has 0 saturated carbocycles. The Balaban J connectivity index is 1.29. The molecule has 0 spiro atoms. The van der Waals surface area contributed by atoms with Crippen molar-refractivity contribution in [1.29, 1.82) is 0 Å². The summed E-state index contributed by atoms with van der Waals surface area (Å²) in [4.78, 5) is 14.5. The minimum absolute atomic E-state index is 0.162. The first kappa shape index (κ1) is 18.5. The fourth-order valence-electron chi connectivity index (χ4n) is 3.81. The molecule has 1 aromatic carbocycles. The molecule has 6 nitrogen and oxygen atoms in total. The van der Waals surface area contributed by atoms with Crippen LogP contribution in [0.1, 0.15) is 42.1 Å². The van der Waals surface area contributed by atoms with Crippen LogP contribution in [0.25, 0.3) is 5.65 Å². The molecule has 1 amide bonds. The maximum Gasteiger partial charge on any atom is 0.225 e. The predicted molar refractivity (Wildman–Crippen MR) is 108 cm³/mol. The van der Waals surface area contributed by atoms with Gasteiger partial charge in [0.2, 0.25) is 5.91 Å². The summed E-state index contributed by atoms with van der Waals surface area (Å²) < 4.78 is 7.89. The highest BCUT2D eigenvalue weighted by molar-refractivity contribution is 5.76. The van der Waals surface area contributed by atoms with Gasteiger partial charge in [-0.2, -0.15) is 0 Å². The Morgan fingerprint density at radius 3 is 2.75 bits per heavy atom. The number of piperidine rings is 1. The Morgan fingerprint density at radius 2 is 1.93 bits per heavy atom. The Hall–Kier alpha value is -2.89. The molecular weight excluding hydrogens is 352 g/mol. The molecule has 28 heavy (non-hydrogen) atoms. The Labute approximate surface area is 165 Å². The molecule has 0 N–H and O–H groups in total. The fraction of sp³-hybridized carbons (Fsp3) is 0.409. The van der Waals surface area contributed by atoms with Gasteiger partial charge in [-0.3, -0.25) is 9.20 Å². The summed E-state index contributed by atoms with van der Waals surface area (Å²) in [5.74, 6) is 2.37. The second kappa shape index (κ2) is 8.00. The van der Waals surface area contributed by atoms with Crippen molar-refractivity contribution in [3.63, 3.8) is 0 Å². The summed E-state index contributed by atoms with van der Waals surface area (Å²) >= 11 is 0. The third kappa shape index (κ3) is 3.72. The zero-order valence-corrected chi connectivity index (χ0v) is 16.5. The Bertz CT molecular complexity index is 974. The normalized spacial score (nSPS) is 15.1. The van der Waals surface area contributed by atoms with Crippen LogP contribution in [0.4, 0.5) is 0 Å². The highest BCUT2D eigenvalue weighted by Gasteiger charge is 2.26. The smallest absolute Gasteiger partial charge is 0.225 e. The molecule has 1 saturated heterocycles. The Morgan fingerprint density at radius 1 is 1.11 bits per heavy atom. The SMILES string of the molecule is Cc1cccc(OCCC(=O)N2CCC(c3nnc4ccccn34)CC2)c1C. The van der Waals surface area contributed by atoms with Crippen LogP contribution < -0.4 is 4.74 Å². The number of nitrogens with zero attached hydrogens (tertiary/aromatic N) is 4. The van der Waals surface area contributed by atoms with E-state index in [9.17, 15) is 4.79 Å². The van der Waals surface area contributed by atoms with E-state index in [-0.39, 0.29) is 5.91 Å². The third-order valence-corrected chi connectivity index (χ3v) is 5.68. The molecule has 0 unspecified atom stereocenters. The van der Waals surface area contributed by atoms with E-state index in [2.05, 4.69) is 27.6 Å². The quantitative estimate of drug-likeness (QED) is 0.682. The fourth-order valence-corrected chi connectivity index (χ4v) is 3.81. The number of likely N-dealkylation sites (tertiary alicyclic amines) is 1. The molecule has 3 aromatic rings. The average molecular weight is 378 g/mol. The van der Waals surface area contributed by atoms with Crippen LogP contribution in [0.3, 0.4) is 0 Å². The number of carbonyl (C=O) groups excluding carboxylic acids is 1. The molecule has 1 fully saturated rings. The van der Waals surface area contributed by atoms with Gasteiger partial charge in [0.25, 0.3) is 0 Å². The van der Waals surface area contributed by atoms with Crippen molar-refractivity contribution in [3.05, 3.63) is 59.5 Å². The lowest BCUT2D eigenvalue weighted by Crippen LogP contribution is -2.38.